The van der Waals surface area contributed by atoms with Crippen molar-refractivity contribution < 1.29 is 90.4 Å². The summed E-state index contributed by atoms with van der Waals surface area (Å²) in [6, 6.07) is 8.61. The Labute approximate surface area is 350 Å². The second-order valence-corrected chi connectivity index (χ2v) is 19.2. The van der Waals surface area contributed by atoms with Gasteiger partial charge >= 0.3 is 29.4 Å². The number of aliphatic carboxylic acids is 1. The van der Waals surface area contributed by atoms with E-state index in [2.05, 4.69) is 34.4 Å². The number of aromatic nitrogens is 4. The maximum absolute atomic E-state index is 12.7. The second kappa shape index (κ2) is 21.1. The number of nitrogens with one attached hydrogen (secondary N) is 2. The number of fused-ring (bicyclic) bond motifs is 1. The Bertz CT molecular complexity index is 2180. The second-order valence-electron chi connectivity index (χ2n) is 13.8. The largest absolute Gasteiger partial charge is 0.481 e. The first-order chi connectivity index (χ1) is 28.4. The number of aliphatic hydroxyl groups is 2. The molecule has 0 bridgehead atoms. The first-order valence-corrected chi connectivity index (χ1v) is 23.2. The maximum atomic E-state index is 12.7. The molecule has 8 atom stereocenters. The Balaban J connectivity index is 1.21. The number of aliphatic hydroxyl groups excluding tert-OH is 2. The van der Waals surface area contributed by atoms with E-state index >= 15 is 0 Å². The summed E-state index contributed by atoms with van der Waals surface area (Å²) < 4.78 is 62.2. The molecule has 1 fully saturated rings. The van der Waals surface area contributed by atoms with E-state index in [-0.39, 0.29) is 48.7 Å². The highest BCUT2D eigenvalue weighted by Crippen LogP contribution is 2.61. The number of phosphoric acid groups is 3. The summed E-state index contributed by atoms with van der Waals surface area (Å²) in [5, 5.41) is 35.2. The lowest BCUT2D eigenvalue weighted by atomic mass is 9.87. The number of hydrogen-bond donors (Lipinski definition) is 10. The minimum atomic E-state index is -5.60. The van der Waals surface area contributed by atoms with Crippen molar-refractivity contribution in [2.45, 2.75) is 57.3 Å². The quantitative estimate of drug-likeness (QED) is 0.0329. The van der Waals surface area contributed by atoms with Gasteiger partial charge in [0, 0.05) is 30.7 Å². The van der Waals surface area contributed by atoms with Gasteiger partial charge in [-0.25, -0.2) is 28.6 Å². The molecule has 4 unspecified atom stereocenters. The van der Waals surface area contributed by atoms with Gasteiger partial charge in [-0.3, -0.25) is 37.3 Å². The van der Waals surface area contributed by atoms with Gasteiger partial charge in [0.05, 0.1) is 19.5 Å². The number of nitrogen functional groups attached to an aromatic ring is 1. The zero-order valence-electron chi connectivity index (χ0n) is 32.1. The summed E-state index contributed by atoms with van der Waals surface area (Å²) in [5.41, 5.74) is 4.86. The van der Waals surface area contributed by atoms with Gasteiger partial charge in [-0.05, 0) is 12.0 Å². The van der Waals surface area contributed by atoms with Crippen LogP contribution in [0.2, 0.25) is 0 Å². The van der Waals surface area contributed by atoms with Crippen LogP contribution >= 0.6 is 35.2 Å². The van der Waals surface area contributed by atoms with E-state index in [1.807, 2.05) is 0 Å². The monoisotopic (exact) mass is 943 g/mol. The third-order valence-electron chi connectivity index (χ3n) is 8.61. The number of hydrogen-bond acceptors (Lipinski definition) is 19. The molecule has 11 N–H and O–H groups in total. The van der Waals surface area contributed by atoms with Crippen molar-refractivity contribution in [2.24, 2.45) is 11.3 Å². The van der Waals surface area contributed by atoms with Gasteiger partial charge in [-0.2, -0.15) is 4.31 Å². The van der Waals surface area contributed by atoms with Gasteiger partial charge in [0.15, 0.2) is 17.7 Å². The zero-order valence-corrected chi connectivity index (χ0v) is 35.6. The fourth-order valence-corrected chi connectivity index (χ4v) is 9.12. The number of phosphoric ester groups is 3. The number of ether oxygens (including phenoxy) is 1. The number of rotatable bonds is 23. The minimum absolute atomic E-state index is 0.00278. The van der Waals surface area contributed by atoms with Gasteiger partial charge in [-0.15, -0.1) is 0 Å². The summed E-state index contributed by atoms with van der Waals surface area (Å²) in [4.78, 5) is 100.0. The van der Waals surface area contributed by atoms with Crippen LogP contribution in [0.25, 0.3) is 11.2 Å². The van der Waals surface area contributed by atoms with Crippen LogP contribution in [-0.2, 0) is 61.9 Å². The molecule has 30 heteroatoms. The highest BCUT2D eigenvalue weighted by atomic mass is 32.2. The smallest absolute Gasteiger partial charge is 0.481 e. The van der Waals surface area contributed by atoms with Crippen molar-refractivity contribution in [1.29, 1.82) is 0 Å². The lowest BCUT2D eigenvalue weighted by molar-refractivity contribution is -0.144. The lowest BCUT2D eigenvalue weighted by Crippen LogP contribution is -2.46. The third kappa shape index (κ3) is 14.7. The van der Waals surface area contributed by atoms with E-state index in [1.54, 1.807) is 30.3 Å². The molecular formula is C31H44N7O19P3S. The van der Waals surface area contributed by atoms with Gasteiger partial charge in [-0.1, -0.05) is 55.9 Å². The Hall–Kier alpha value is -3.75. The molecule has 2 amide bonds. The highest BCUT2D eigenvalue weighted by molar-refractivity contribution is 8.13. The molecule has 1 aliphatic rings. The number of nitrogens with two attached hydrogens (primary N) is 1. The highest BCUT2D eigenvalue weighted by Gasteiger charge is 2.50. The van der Waals surface area contributed by atoms with Crippen molar-refractivity contribution in [3.8, 4) is 0 Å². The Morgan fingerprint density at radius 3 is 2.33 bits per heavy atom. The number of imidazole rings is 1. The van der Waals surface area contributed by atoms with Crippen LogP contribution in [0.15, 0.2) is 43.0 Å². The van der Waals surface area contributed by atoms with Crippen molar-refractivity contribution in [2.75, 3.05) is 37.8 Å². The first kappa shape index (κ1) is 49.9. The fraction of sp³-hybridized carbons (Fsp3) is 0.516. The SMILES string of the molecule is CC(C)(COP(=O)(O)OP(=O)(O)OC[C@H]1O[C@@H](n2cnc3c(N)ncnc32)[C@H](O)[C@@H]1OP(=O)(O)O)C(O)C(=O)NCCC(=O)NCCSC(=O)C(Cc1ccccc1)C(=O)O. The number of nitrogens with zero attached hydrogens (tertiary/aromatic N) is 4. The molecule has 4 rings (SSSR count). The molecular weight excluding hydrogens is 899 g/mol. The van der Waals surface area contributed by atoms with E-state index in [0.29, 0.717) is 5.56 Å². The molecule has 61 heavy (non-hydrogen) atoms. The number of carbonyl (C=O) groups excluding carboxylic acids is 3. The number of carboxylic acid groups (broad SMARTS) is 1. The molecule has 26 nitrogen and oxygen atoms in total. The van der Waals surface area contributed by atoms with Crippen LogP contribution < -0.4 is 16.4 Å². The van der Waals surface area contributed by atoms with E-state index in [1.165, 1.54) is 13.8 Å². The number of carbonyl (C=O) groups is 4. The zero-order chi connectivity index (χ0) is 45.3. The molecule has 338 valence electrons. The van der Waals surface area contributed by atoms with E-state index < -0.39 is 102 Å². The summed E-state index contributed by atoms with van der Waals surface area (Å²) in [6.07, 6.45) is -7.16. The predicted molar refractivity (Wildman–Crippen MR) is 208 cm³/mol. The number of anilines is 1. The van der Waals surface area contributed by atoms with E-state index in [4.69, 9.17) is 19.5 Å². The van der Waals surface area contributed by atoms with Crippen molar-refractivity contribution in [3.05, 3.63) is 48.5 Å². The molecule has 1 saturated heterocycles. The molecule has 3 aromatic rings. The molecule has 0 aliphatic carbocycles. The number of thioether (sulfide) groups is 1. The Morgan fingerprint density at radius 1 is 1.00 bits per heavy atom. The normalized spacial score (nSPS) is 21.2. The van der Waals surface area contributed by atoms with Crippen LogP contribution in [0.4, 0.5) is 5.82 Å². The number of amides is 2. The predicted octanol–water partition coefficient (Wildman–Crippen LogP) is -0.392. The Morgan fingerprint density at radius 2 is 1.67 bits per heavy atom. The maximum Gasteiger partial charge on any atom is 0.481 e. The van der Waals surface area contributed by atoms with Gasteiger partial charge in [0.1, 0.15) is 42.2 Å². The standard InChI is InChI=1S/C31H44N7O19P3S/c1-31(2,24(41)27(42)34-9-8-20(39)33-10-11-61-30(45)18(29(43)44)12-17-6-4-3-5-7-17)14-54-60(51,52)57-59(49,50)53-13-19-23(56-58(46,47)48)22(40)28(55-19)38-16-37-21-25(32)35-15-36-26(21)38/h3-7,15-16,18-19,22-24,28,40-41H,8-14H2,1-2H3,(H,33,39)(H,34,42)(H,43,44)(H,49,50)(H,51,52)(H2,32,35,36)(H2,46,47,48)/t18?,19-,22-,23-,24?,28-/m1/s1. The Kier molecular flexibility index (Phi) is 17.2. The summed E-state index contributed by atoms with van der Waals surface area (Å²) >= 11 is 0.745. The van der Waals surface area contributed by atoms with Crippen LogP contribution in [0.3, 0.4) is 0 Å². The summed E-state index contributed by atoms with van der Waals surface area (Å²) in [5.74, 6) is -4.12. The molecule has 0 radical (unpaired) electrons. The molecule has 1 aliphatic heterocycles. The fourth-order valence-electron chi connectivity index (χ4n) is 5.50. The van der Waals surface area contributed by atoms with Crippen LogP contribution in [0.1, 0.15) is 32.1 Å². The molecule has 0 saturated carbocycles. The molecule has 3 heterocycles. The summed E-state index contributed by atoms with van der Waals surface area (Å²) in [7, 11) is -16.5. The topological polar surface area (TPSA) is 401 Å². The minimum Gasteiger partial charge on any atom is -0.481 e. The van der Waals surface area contributed by atoms with Crippen molar-refractivity contribution in [3.63, 3.8) is 0 Å². The van der Waals surface area contributed by atoms with Crippen LogP contribution in [0, 0.1) is 11.3 Å². The average Bonchev–Trinajstić information content (AvgIpc) is 3.73. The van der Waals surface area contributed by atoms with Gasteiger partial charge < -0.3 is 56.0 Å². The van der Waals surface area contributed by atoms with Gasteiger partial charge in [0.2, 0.25) is 16.9 Å². The number of benzene rings is 1. The molecule has 0 spiro atoms. The number of carboxylic acids is 1. The molecule has 1 aromatic carbocycles. The lowest BCUT2D eigenvalue weighted by Gasteiger charge is -2.30. The van der Waals surface area contributed by atoms with E-state index in [9.17, 15) is 67.8 Å². The first-order valence-electron chi connectivity index (χ1n) is 17.7. The molecule has 2 aromatic heterocycles. The average molecular weight is 944 g/mol. The summed E-state index contributed by atoms with van der Waals surface area (Å²) in [6.45, 7) is 0.0841. The van der Waals surface area contributed by atoms with Crippen molar-refractivity contribution in [1.82, 2.24) is 30.2 Å². The van der Waals surface area contributed by atoms with Crippen LogP contribution in [-0.4, -0.2) is 134 Å². The third-order valence-corrected chi connectivity index (χ3v) is 12.7. The van der Waals surface area contributed by atoms with Crippen molar-refractivity contribution >= 4 is 75.1 Å². The van der Waals surface area contributed by atoms with Crippen LogP contribution in [0.5, 0.6) is 0 Å². The van der Waals surface area contributed by atoms with E-state index in [0.717, 1.165) is 29.0 Å². The van der Waals surface area contributed by atoms with Gasteiger partial charge in [0.25, 0.3) is 0 Å².